The highest BCUT2D eigenvalue weighted by atomic mass is 32.2. The van der Waals surface area contributed by atoms with Crippen LogP contribution in [0, 0.1) is 16.7 Å². The summed E-state index contributed by atoms with van der Waals surface area (Å²) in [5, 5.41) is 6.20. The number of fused-ring (bicyclic) bond motifs is 2. The maximum atomic E-state index is 14.2. The summed E-state index contributed by atoms with van der Waals surface area (Å²) in [6.07, 6.45) is 22.3. The topological polar surface area (TPSA) is 212 Å². The molecule has 9 atom stereocenters. The second-order valence-corrected chi connectivity index (χ2v) is 22.6. The summed E-state index contributed by atoms with van der Waals surface area (Å²) in [7, 11) is 0. The fourth-order valence-corrected chi connectivity index (χ4v) is 13.1. The van der Waals surface area contributed by atoms with E-state index in [1.807, 2.05) is 58.1 Å². The summed E-state index contributed by atoms with van der Waals surface area (Å²) < 4.78 is 12.3. The van der Waals surface area contributed by atoms with Crippen molar-refractivity contribution in [3.63, 3.8) is 0 Å². The number of hydrogen-bond acceptors (Lipinski definition) is 11. The number of amides is 5. The molecule has 2 unspecified atom stereocenters. The van der Waals surface area contributed by atoms with E-state index in [0.717, 1.165) is 69.1 Å². The van der Waals surface area contributed by atoms with Gasteiger partial charge in [-0.2, -0.15) is 0 Å². The molecule has 4 rings (SSSR count). The van der Waals surface area contributed by atoms with E-state index < -0.39 is 46.9 Å². The Morgan fingerprint density at radius 1 is 0.836 bits per heavy atom. The van der Waals surface area contributed by atoms with Gasteiger partial charge in [-0.05, 0) is 91.8 Å². The molecular weight excluding hydrogens is 887 g/mol. The van der Waals surface area contributed by atoms with E-state index in [4.69, 9.17) is 26.7 Å². The van der Waals surface area contributed by atoms with Crippen molar-refractivity contribution in [2.75, 3.05) is 37.9 Å². The molecule has 0 aromatic heterocycles. The first kappa shape index (κ1) is 56.2. The number of nitrogens with zero attached hydrogens (tertiary/aromatic N) is 2. The largest absolute Gasteiger partial charge is 0.379 e. The minimum Gasteiger partial charge on any atom is -0.379 e. The summed E-state index contributed by atoms with van der Waals surface area (Å²) in [5.74, 6) is 0.146. The highest BCUT2D eigenvalue weighted by molar-refractivity contribution is 8.00. The third-order valence-corrected chi connectivity index (χ3v) is 16.3. The van der Waals surface area contributed by atoms with Crippen LogP contribution >= 0.6 is 23.5 Å². The van der Waals surface area contributed by atoms with Gasteiger partial charge in [0.05, 0.1) is 48.1 Å². The lowest BCUT2D eigenvalue weighted by atomic mass is 9.83. The number of nitrogens with one attached hydrogen (secondary N) is 2. The van der Waals surface area contributed by atoms with E-state index in [1.54, 1.807) is 39.4 Å². The number of carbonyl (C=O) groups excluding carboxylic acids is 5. The minimum absolute atomic E-state index is 0.0518. The Kier molecular flexibility index (Phi) is 22.7. The van der Waals surface area contributed by atoms with Crippen LogP contribution in [0.25, 0.3) is 0 Å². The van der Waals surface area contributed by atoms with Crippen LogP contribution in [0.1, 0.15) is 125 Å². The molecule has 14 nitrogen and oxygen atoms in total. The van der Waals surface area contributed by atoms with Crippen LogP contribution in [-0.4, -0.2) is 124 Å². The van der Waals surface area contributed by atoms with Crippen molar-refractivity contribution in [2.45, 2.75) is 172 Å². The smallest absolute Gasteiger partial charge is 0.243 e. The molecule has 4 aliphatic heterocycles. The summed E-state index contributed by atoms with van der Waals surface area (Å²) in [5.41, 5.74) is 18.3. The van der Waals surface area contributed by atoms with Crippen molar-refractivity contribution in [2.24, 2.45) is 33.9 Å². The van der Waals surface area contributed by atoms with Gasteiger partial charge in [-0.15, -0.1) is 23.5 Å². The molecule has 5 amide bonds. The number of ether oxygens (including phenoxy) is 2. The molecule has 8 N–H and O–H groups in total. The molecule has 0 spiro atoms. The van der Waals surface area contributed by atoms with Crippen molar-refractivity contribution >= 4 is 53.1 Å². The summed E-state index contributed by atoms with van der Waals surface area (Å²) >= 11 is 3.37. The summed E-state index contributed by atoms with van der Waals surface area (Å²) in [6, 6.07) is -3.51. The summed E-state index contributed by atoms with van der Waals surface area (Å²) in [6.45, 7) is 22.0. The summed E-state index contributed by atoms with van der Waals surface area (Å²) in [4.78, 5) is 70.2. The number of rotatable bonds is 27. The van der Waals surface area contributed by atoms with Crippen LogP contribution in [-0.2, 0) is 33.4 Å². The number of carbonyl (C=O) groups is 5. The Labute approximate surface area is 409 Å². The van der Waals surface area contributed by atoms with Crippen molar-refractivity contribution in [3.05, 3.63) is 60.8 Å². The van der Waals surface area contributed by atoms with E-state index in [9.17, 15) is 24.0 Å². The Balaban J connectivity index is 1.15. The van der Waals surface area contributed by atoms with Crippen molar-refractivity contribution in [1.82, 2.24) is 20.4 Å². The molecule has 0 aromatic rings. The maximum absolute atomic E-state index is 14.2. The van der Waals surface area contributed by atoms with Crippen LogP contribution in [0.15, 0.2) is 60.8 Å². The van der Waals surface area contributed by atoms with Crippen molar-refractivity contribution < 1.29 is 33.4 Å². The lowest BCUT2D eigenvalue weighted by Gasteiger charge is -2.34. The third kappa shape index (κ3) is 16.1. The average Bonchev–Trinajstić information content (AvgIpc) is 3.60. The fraction of sp³-hybridized carbons (Fsp3) is 0.706. The maximum Gasteiger partial charge on any atom is 0.243 e. The normalized spacial score (nSPS) is 26.4. The number of hydrogen-bond donors (Lipinski definition) is 5. The standard InChI is InChI=1S/C51H83N7O7S2/c1-9-12-19-22-34(4)39(55-47(61)44-50(5,6)29-42-57(44)41(59)28-35(33-67-42)27-38(53)46(54)60)31-64-24-20-17-15-13-14-16-18-21-25-65-32-40(36(10-2)11-3)56-48(62)45-51(7,8)30-43-58(45)49(63)37(52)23-26-66-43/h9-12,19,22,35,37-40,42-45H,2,4,13-18,20-21,23-33,52-53H2,1,3,5-8H3,(H2,54,60)(H,55,61)(H,56,62)/b12-9-,22-19-,36-11+/t35?,37-,38-,39+,40+,42-,43-,44?,45+/m0/s1. The Bertz CT molecular complexity index is 1800. The molecule has 376 valence electrons. The lowest BCUT2D eigenvalue weighted by Crippen LogP contribution is -2.57. The molecule has 0 saturated carbocycles. The molecule has 0 bridgehead atoms. The zero-order chi connectivity index (χ0) is 49.3. The van der Waals surface area contributed by atoms with Gasteiger partial charge in [0.1, 0.15) is 12.1 Å². The molecule has 67 heavy (non-hydrogen) atoms. The number of primary amides is 1. The zero-order valence-corrected chi connectivity index (χ0v) is 42.9. The van der Waals surface area contributed by atoms with Gasteiger partial charge in [0.25, 0.3) is 0 Å². The molecular formula is C51H83N7O7S2. The Morgan fingerprint density at radius 2 is 1.37 bits per heavy atom. The predicted octanol–water partition coefficient (Wildman–Crippen LogP) is 6.26. The first-order chi connectivity index (χ1) is 31.9. The molecule has 16 heteroatoms. The van der Waals surface area contributed by atoms with Gasteiger partial charge in [-0.3, -0.25) is 24.0 Å². The SMILES string of the molecule is C=C/C(=C\C)[C@@H](COCCCCCCCCCCOC[C@@H](NC(=O)C1N2C(=O)CC(C[C@H](N)C(N)=O)CS[C@H]2CC1(C)C)C(=C)/C=C\C=C/C)NC(=O)[C@H]1N2C(=O)[C@@H](N)CCS[C@H]2CC1(C)C. The van der Waals surface area contributed by atoms with Gasteiger partial charge in [0.15, 0.2) is 0 Å². The zero-order valence-electron chi connectivity index (χ0n) is 41.3. The minimum atomic E-state index is -0.808. The van der Waals surface area contributed by atoms with Gasteiger partial charge in [-0.1, -0.05) is 116 Å². The molecule has 4 heterocycles. The van der Waals surface area contributed by atoms with Crippen LogP contribution in [0.3, 0.4) is 0 Å². The van der Waals surface area contributed by atoms with Gasteiger partial charge in [0, 0.05) is 19.6 Å². The Morgan fingerprint density at radius 3 is 1.93 bits per heavy atom. The van der Waals surface area contributed by atoms with Gasteiger partial charge < -0.3 is 47.1 Å². The Hall–Kier alpha value is -3.41. The number of unbranched alkanes of at least 4 members (excludes halogenated alkanes) is 7. The van der Waals surface area contributed by atoms with Gasteiger partial charge >= 0.3 is 0 Å². The third-order valence-electron chi connectivity index (χ3n) is 13.7. The molecule has 0 aliphatic carbocycles. The monoisotopic (exact) mass is 970 g/mol. The molecule has 4 fully saturated rings. The highest BCUT2D eigenvalue weighted by Crippen LogP contribution is 2.48. The first-order valence-electron chi connectivity index (χ1n) is 24.6. The van der Waals surface area contributed by atoms with E-state index in [2.05, 4.69) is 37.6 Å². The van der Waals surface area contributed by atoms with E-state index in [0.29, 0.717) is 50.4 Å². The average molecular weight is 970 g/mol. The van der Waals surface area contributed by atoms with E-state index >= 15 is 0 Å². The van der Waals surface area contributed by atoms with Crippen LogP contribution in [0.5, 0.6) is 0 Å². The molecule has 4 saturated heterocycles. The fourth-order valence-electron chi connectivity index (χ4n) is 9.85. The van der Waals surface area contributed by atoms with Gasteiger partial charge in [-0.25, -0.2) is 0 Å². The number of thioether (sulfide) groups is 2. The predicted molar refractivity (Wildman–Crippen MR) is 273 cm³/mol. The van der Waals surface area contributed by atoms with Crippen molar-refractivity contribution in [3.8, 4) is 0 Å². The first-order valence-corrected chi connectivity index (χ1v) is 26.7. The van der Waals surface area contributed by atoms with Crippen LogP contribution in [0.2, 0.25) is 0 Å². The van der Waals surface area contributed by atoms with Crippen LogP contribution < -0.4 is 27.8 Å². The van der Waals surface area contributed by atoms with Crippen molar-refractivity contribution in [1.29, 1.82) is 0 Å². The molecule has 0 radical (unpaired) electrons. The second-order valence-electron chi connectivity index (χ2n) is 20.1. The number of nitrogens with two attached hydrogens (primary N) is 3. The molecule has 0 aromatic carbocycles. The quantitative estimate of drug-likeness (QED) is 0.0458. The highest BCUT2D eigenvalue weighted by Gasteiger charge is 2.55. The van der Waals surface area contributed by atoms with E-state index in [-0.39, 0.29) is 59.4 Å². The van der Waals surface area contributed by atoms with Gasteiger partial charge in [0.2, 0.25) is 29.5 Å². The molecule has 4 aliphatic rings. The lowest BCUT2D eigenvalue weighted by molar-refractivity contribution is -0.142. The number of allylic oxidation sites excluding steroid dienone is 4. The van der Waals surface area contributed by atoms with Crippen LogP contribution in [0.4, 0.5) is 0 Å². The van der Waals surface area contributed by atoms with E-state index in [1.165, 1.54) is 0 Å². The second kappa shape index (κ2) is 27.1.